The standard InChI is InChI=1S/C25H34N4O4/c1-25(2,3)33-24(30)29-14-12-20-21(15-29)26-23(32-17-19-11-8-13-28(19)4)27-22(20)31-16-18-9-6-5-7-10-18/h5-7,9-10,19H,8,11-17H2,1-4H3/t19-/m0/s1. The Morgan fingerprint density at radius 3 is 2.61 bits per heavy atom. The smallest absolute Gasteiger partial charge is 0.410 e. The molecule has 0 saturated carbocycles. The largest absolute Gasteiger partial charge is 0.472 e. The van der Waals surface area contributed by atoms with Crippen LogP contribution in [-0.2, 0) is 24.3 Å². The number of hydrogen-bond donors (Lipinski definition) is 0. The number of ether oxygens (including phenoxy) is 3. The first-order valence-electron chi connectivity index (χ1n) is 11.7. The zero-order valence-corrected chi connectivity index (χ0v) is 20.0. The predicted octanol–water partition coefficient (Wildman–Crippen LogP) is 3.82. The molecule has 8 heteroatoms. The van der Waals surface area contributed by atoms with Crippen molar-refractivity contribution in [1.29, 1.82) is 0 Å². The van der Waals surface area contributed by atoms with E-state index in [1.807, 2.05) is 51.1 Å². The highest BCUT2D eigenvalue weighted by atomic mass is 16.6. The Kier molecular flexibility index (Phi) is 7.02. The molecule has 0 aliphatic carbocycles. The molecule has 178 valence electrons. The van der Waals surface area contributed by atoms with Gasteiger partial charge in [0.1, 0.15) is 18.8 Å². The second-order valence-electron chi connectivity index (χ2n) is 9.75. The van der Waals surface area contributed by atoms with E-state index in [1.165, 1.54) is 6.42 Å². The fraction of sp³-hybridized carbons (Fsp3) is 0.560. The van der Waals surface area contributed by atoms with Gasteiger partial charge in [-0.1, -0.05) is 30.3 Å². The fourth-order valence-electron chi connectivity index (χ4n) is 4.13. The lowest BCUT2D eigenvalue weighted by atomic mass is 10.1. The number of aromatic nitrogens is 2. The molecule has 1 aromatic heterocycles. The van der Waals surface area contributed by atoms with Gasteiger partial charge in [0, 0.05) is 18.2 Å². The first-order chi connectivity index (χ1) is 15.8. The molecule has 2 aromatic rings. The highest BCUT2D eigenvalue weighted by molar-refractivity contribution is 5.68. The van der Waals surface area contributed by atoms with Crippen molar-refractivity contribution in [3.63, 3.8) is 0 Å². The third-order valence-electron chi connectivity index (χ3n) is 5.95. The van der Waals surface area contributed by atoms with Crippen LogP contribution >= 0.6 is 0 Å². The summed E-state index contributed by atoms with van der Waals surface area (Å²) in [5.41, 5.74) is 2.19. The minimum atomic E-state index is -0.547. The van der Waals surface area contributed by atoms with Gasteiger partial charge in [-0.25, -0.2) is 4.79 Å². The maximum Gasteiger partial charge on any atom is 0.410 e. The second kappa shape index (κ2) is 9.95. The molecule has 1 aromatic carbocycles. The van der Waals surface area contributed by atoms with Crippen molar-refractivity contribution in [3.05, 3.63) is 47.2 Å². The third kappa shape index (κ3) is 6.13. The van der Waals surface area contributed by atoms with Crippen LogP contribution in [-0.4, -0.2) is 64.2 Å². The molecule has 8 nitrogen and oxygen atoms in total. The van der Waals surface area contributed by atoms with Gasteiger partial charge in [-0.05, 0) is 59.2 Å². The van der Waals surface area contributed by atoms with Crippen LogP contribution in [0.25, 0.3) is 0 Å². The minimum Gasteiger partial charge on any atom is -0.472 e. The maximum absolute atomic E-state index is 12.6. The van der Waals surface area contributed by atoms with Crippen LogP contribution in [0.2, 0.25) is 0 Å². The minimum absolute atomic E-state index is 0.295. The highest BCUT2D eigenvalue weighted by Gasteiger charge is 2.30. The van der Waals surface area contributed by atoms with E-state index < -0.39 is 5.60 Å². The Labute approximate surface area is 195 Å². The Morgan fingerprint density at radius 1 is 1.12 bits per heavy atom. The number of hydrogen-bond acceptors (Lipinski definition) is 7. The van der Waals surface area contributed by atoms with E-state index in [1.54, 1.807) is 4.90 Å². The third-order valence-corrected chi connectivity index (χ3v) is 5.95. The van der Waals surface area contributed by atoms with Crippen molar-refractivity contribution in [2.45, 2.75) is 64.8 Å². The van der Waals surface area contributed by atoms with Crippen molar-refractivity contribution < 1.29 is 19.0 Å². The van der Waals surface area contributed by atoms with Crippen LogP contribution < -0.4 is 9.47 Å². The average Bonchev–Trinajstić information content (AvgIpc) is 3.19. The lowest BCUT2D eigenvalue weighted by molar-refractivity contribution is 0.0218. The summed E-state index contributed by atoms with van der Waals surface area (Å²) in [6.07, 6.45) is 2.54. The number of nitrogens with zero attached hydrogens (tertiary/aromatic N) is 4. The zero-order chi connectivity index (χ0) is 23.4. The molecule has 3 heterocycles. The van der Waals surface area contributed by atoms with Crippen molar-refractivity contribution in [2.24, 2.45) is 0 Å². The van der Waals surface area contributed by atoms with Crippen LogP contribution in [0.4, 0.5) is 4.79 Å². The van der Waals surface area contributed by atoms with Gasteiger partial charge in [0.2, 0.25) is 5.88 Å². The number of carbonyl (C=O) groups excluding carboxylic acids is 1. The quantitative estimate of drug-likeness (QED) is 0.657. The summed E-state index contributed by atoms with van der Waals surface area (Å²) in [6.45, 7) is 8.49. The van der Waals surface area contributed by atoms with E-state index in [4.69, 9.17) is 14.2 Å². The SMILES string of the molecule is CN1CCC[C@H]1COc1nc2c(c(OCc3ccccc3)n1)CCN(C(=O)OC(C)(C)C)C2. The van der Waals surface area contributed by atoms with Crippen LogP contribution in [0.3, 0.4) is 0 Å². The highest BCUT2D eigenvalue weighted by Crippen LogP contribution is 2.29. The molecule has 1 atom stereocenters. The molecule has 1 saturated heterocycles. The topological polar surface area (TPSA) is 77.0 Å². The van der Waals surface area contributed by atoms with Gasteiger partial charge in [-0.2, -0.15) is 9.97 Å². The summed E-state index contributed by atoms with van der Waals surface area (Å²) < 4.78 is 17.7. The van der Waals surface area contributed by atoms with Gasteiger partial charge >= 0.3 is 12.1 Å². The number of carbonyl (C=O) groups is 1. The molecular formula is C25H34N4O4. The van der Waals surface area contributed by atoms with Gasteiger partial charge in [0.15, 0.2) is 0 Å². The van der Waals surface area contributed by atoms with E-state index in [9.17, 15) is 4.79 Å². The lowest BCUT2D eigenvalue weighted by Crippen LogP contribution is -2.40. The molecule has 0 unspecified atom stereocenters. The van der Waals surface area contributed by atoms with Gasteiger partial charge in [0.05, 0.1) is 12.2 Å². The monoisotopic (exact) mass is 454 g/mol. The van der Waals surface area contributed by atoms with E-state index in [2.05, 4.69) is 21.9 Å². The van der Waals surface area contributed by atoms with Gasteiger partial charge in [0.25, 0.3) is 0 Å². The average molecular weight is 455 g/mol. The van der Waals surface area contributed by atoms with E-state index in [0.717, 1.165) is 29.8 Å². The van der Waals surface area contributed by atoms with Gasteiger partial charge in [-0.3, -0.25) is 0 Å². The maximum atomic E-state index is 12.6. The van der Waals surface area contributed by atoms with Crippen molar-refractivity contribution in [3.8, 4) is 11.9 Å². The summed E-state index contributed by atoms with van der Waals surface area (Å²) in [5.74, 6) is 0.530. The molecule has 0 spiro atoms. The number of amides is 1. The fourth-order valence-corrected chi connectivity index (χ4v) is 4.13. The van der Waals surface area contributed by atoms with Gasteiger partial charge in [-0.15, -0.1) is 0 Å². The molecule has 2 aliphatic rings. The van der Waals surface area contributed by atoms with E-state index in [0.29, 0.717) is 50.7 Å². The van der Waals surface area contributed by atoms with Crippen molar-refractivity contribution >= 4 is 6.09 Å². The van der Waals surface area contributed by atoms with Gasteiger partial charge < -0.3 is 24.0 Å². The number of fused-ring (bicyclic) bond motifs is 1. The van der Waals surface area contributed by atoms with Crippen LogP contribution in [0.15, 0.2) is 30.3 Å². The van der Waals surface area contributed by atoms with Crippen LogP contribution in [0.1, 0.15) is 50.4 Å². The molecular weight excluding hydrogens is 420 g/mol. The molecule has 33 heavy (non-hydrogen) atoms. The van der Waals surface area contributed by atoms with E-state index in [-0.39, 0.29) is 6.09 Å². The Balaban J connectivity index is 1.53. The van der Waals surface area contributed by atoms with Crippen LogP contribution in [0, 0.1) is 0 Å². The normalized spacial score (nSPS) is 18.7. The summed E-state index contributed by atoms with van der Waals surface area (Å²) in [6, 6.07) is 10.6. The number of rotatable bonds is 6. The molecule has 2 aliphatic heterocycles. The Hall–Kier alpha value is -2.87. The zero-order valence-electron chi connectivity index (χ0n) is 20.0. The first-order valence-corrected chi connectivity index (χ1v) is 11.7. The molecule has 0 N–H and O–H groups in total. The molecule has 0 bridgehead atoms. The Bertz CT molecular complexity index is 961. The van der Waals surface area contributed by atoms with Crippen LogP contribution in [0.5, 0.6) is 11.9 Å². The second-order valence-corrected chi connectivity index (χ2v) is 9.75. The Morgan fingerprint density at radius 2 is 1.91 bits per heavy atom. The first kappa shape index (κ1) is 23.3. The molecule has 1 fully saturated rings. The number of likely N-dealkylation sites (N-methyl/N-ethyl adjacent to an activating group) is 1. The molecule has 4 rings (SSSR count). The van der Waals surface area contributed by atoms with Crippen molar-refractivity contribution in [2.75, 3.05) is 26.7 Å². The summed E-state index contributed by atoms with van der Waals surface area (Å²) in [7, 11) is 2.11. The predicted molar refractivity (Wildman–Crippen MR) is 124 cm³/mol. The number of likely N-dealkylation sites (tertiary alicyclic amines) is 1. The lowest BCUT2D eigenvalue weighted by Gasteiger charge is -2.31. The van der Waals surface area contributed by atoms with E-state index >= 15 is 0 Å². The molecule has 0 radical (unpaired) electrons. The summed E-state index contributed by atoms with van der Waals surface area (Å²) in [5, 5.41) is 0. The summed E-state index contributed by atoms with van der Waals surface area (Å²) in [4.78, 5) is 25.9. The molecule has 1 amide bonds. The van der Waals surface area contributed by atoms with Crippen molar-refractivity contribution in [1.82, 2.24) is 19.8 Å². The number of benzene rings is 1. The summed E-state index contributed by atoms with van der Waals surface area (Å²) >= 11 is 0.